The minimum Gasteiger partial charge on any atom is -0.480 e. The molecule has 3 rings (SSSR count). The molecule has 0 saturated carbocycles. The van der Waals surface area contributed by atoms with Crippen molar-refractivity contribution in [1.29, 1.82) is 0 Å². The Morgan fingerprint density at radius 2 is 1.38 bits per heavy atom. The summed E-state index contributed by atoms with van der Waals surface area (Å²) in [5.74, 6) is -2.18. The van der Waals surface area contributed by atoms with Gasteiger partial charge in [0, 0.05) is 6.42 Å². The Balaban J connectivity index is 1.95. The predicted molar refractivity (Wildman–Crippen MR) is 109 cm³/mol. The molecule has 0 spiro atoms. The molecule has 0 aliphatic heterocycles. The van der Waals surface area contributed by atoms with Crippen LogP contribution in [-0.4, -0.2) is 23.0 Å². The summed E-state index contributed by atoms with van der Waals surface area (Å²) in [5.41, 5.74) is 0.602. The van der Waals surface area contributed by atoms with Crippen LogP contribution in [0.4, 0.5) is 4.39 Å². The zero-order valence-corrected chi connectivity index (χ0v) is 16.0. The van der Waals surface area contributed by atoms with Crippen molar-refractivity contribution in [2.45, 2.75) is 24.8 Å². The number of carbonyl (C=O) groups excluding carboxylic acids is 1. The highest BCUT2D eigenvalue weighted by molar-refractivity contribution is 5.94. The predicted octanol–water partition coefficient (Wildman–Crippen LogP) is 3.94. The second-order valence-electron chi connectivity index (χ2n) is 7.02. The van der Waals surface area contributed by atoms with E-state index in [2.05, 4.69) is 5.32 Å². The van der Waals surface area contributed by atoms with E-state index >= 15 is 0 Å². The van der Waals surface area contributed by atoms with Crippen LogP contribution in [0.25, 0.3) is 0 Å². The molecule has 0 saturated heterocycles. The average Bonchev–Trinajstić information content (AvgIpc) is 2.75. The van der Waals surface area contributed by atoms with Crippen molar-refractivity contribution in [3.05, 3.63) is 107 Å². The number of hydrogen-bond donors (Lipinski definition) is 2. The number of halogens is 1. The summed E-state index contributed by atoms with van der Waals surface area (Å²) in [6.07, 6.45) is -0.145. The molecule has 3 aromatic rings. The molecule has 1 amide bonds. The first-order valence-corrected chi connectivity index (χ1v) is 9.31. The van der Waals surface area contributed by atoms with E-state index in [1.54, 1.807) is 13.0 Å². The van der Waals surface area contributed by atoms with Crippen molar-refractivity contribution >= 4 is 11.9 Å². The lowest BCUT2D eigenvalue weighted by Crippen LogP contribution is -2.50. The lowest BCUT2D eigenvalue weighted by atomic mass is 9.75. The van der Waals surface area contributed by atoms with Gasteiger partial charge in [-0.1, -0.05) is 78.9 Å². The van der Waals surface area contributed by atoms with Gasteiger partial charge in [0.15, 0.2) is 0 Å². The van der Waals surface area contributed by atoms with E-state index in [1.807, 2.05) is 60.7 Å². The minimum atomic E-state index is -1.26. The summed E-state index contributed by atoms with van der Waals surface area (Å²) in [4.78, 5) is 25.2. The molecule has 3 aromatic carbocycles. The van der Waals surface area contributed by atoms with Gasteiger partial charge < -0.3 is 10.4 Å². The number of hydrogen-bond acceptors (Lipinski definition) is 2. The van der Waals surface area contributed by atoms with Gasteiger partial charge in [-0.25, -0.2) is 9.18 Å². The molecular formula is C24H22FNO3. The first kappa shape index (κ1) is 20.3. The molecule has 0 radical (unpaired) electrons. The van der Waals surface area contributed by atoms with Crippen LogP contribution in [-0.2, 0) is 21.4 Å². The molecule has 2 N–H and O–H groups in total. The number of aliphatic carboxylic acids is 1. The fourth-order valence-electron chi connectivity index (χ4n) is 3.36. The molecule has 0 aliphatic rings. The highest BCUT2D eigenvalue weighted by Gasteiger charge is 2.39. The van der Waals surface area contributed by atoms with Crippen LogP contribution >= 0.6 is 0 Å². The highest BCUT2D eigenvalue weighted by Crippen LogP contribution is 2.32. The average molecular weight is 391 g/mol. The zero-order valence-electron chi connectivity index (χ0n) is 16.0. The molecule has 1 atom stereocenters. The van der Waals surface area contributed by atoms with Gasteiger partial charge in [0.05, 0.1) is 5.41 Å². The van der Waals surface area contributed by atoms with Crippen LogP contribution in [0.1, 0.15) is 23.6 Å². The molecular weight excluding hydrogens is 369 g/mol. The van der Waals surface area contributed by atoms with Crippen LogP contribution in [0.2, 0.25) is 0 Å². The van der Waals surface area contributed by atoms with Crippen molar-refractivity contribution < 1.29 is 19.1 Å². The Bertz CT molecular complexity index is 950. The summed E-state index contributed by atoms with van der Waals surface area (Å²) in [7, 11) is 0. The van der Waals surface area contributed by atoms with Crippen LogP contribution < -0.4 is 5.32 Å². The molecule has 0 heterocycles. The molecule has 0 aliphatic carbocycles. The van der Waals surface area contributed by atoms with Gasteiger partial charge in [-0.15, -0.1) is 0 Å². The Hall–Kier alpha value is -3.47. The standard InChI is InChI=1S/C24H22FNO3/c1-24(18-11-4-2-5-12-18,19-13-6-3-7-14-19)23(29)26-21(22(27)28)16-17-10-8-9-15-20(17)25/h2-15,21H,16H2,1H3,(H,26,29)(H,27,28)/t21-/m0/s1. The van der Waals surface area contributed by atoms with E-state index in [1.165, 1.54) is 18.2 Å². The monoisotopic (exact) mass is 391 g/mol. The molecule has 148 valence electrons. The zero-order chi connectivity index (χ0) is 20.9. The van der Waals surface area contributed by atoms with E-state index in [0.29, 0.717) is 0 Å². The first-order valence-electron chi connectivity index (χ1n) is 9.31. The Kier molecular flexibility index (Phi) is 6.07. The Labute approximate surface area is 169 Å². The fraction of sp³-hybridized carbons (Fsp3) is 0.167. The Morgan fingerprint density at radius 3 is 1.86 bits per heavy atom. The third-order valence-electron chi connectivity index (χ3n) is 5.14. The topological polar surface area (TPSA) is 66.4 Å². The fourth-order valence-corrected chi connectivity index (χ4v) is 3.36. The van der Waals surface area contributed by atoms with E-state index < -0.39 is 29.2 Å². The van der Waals surface area contributed by atoms with E-state index in [4.69, 9.17) is 0 Å². The SMILES string of the molecule is CC(C(=O)N[C@@H](Cc1ccccc1F)C(=O)O)(c1ccccc1)c1ccccc1. The van der Waals surface area contributed by atoms with Gasteiger partial charge in [0.1, 0.15) is 11.9 Å². The molecule has 0 aromatic heterocycles. The summed E-state index contributed by atoms with van der Waals surface area (Å²) in [5, 5.41) is 12.3. The van der Waals surface area contributed by atoms with Crippen LogP contribution in [0.3, 0.4) is 0 Å². The summed E-state index contributed by atoms with van der Waals surface area (Å²) in [6, 6.07) is 23.1. The third kappa shape index (κ3) is 4.35. The minimum absolute atomic E-state index is 0.145. The van der Waals surface area contributed by atoms with E-state index in [-0.39, 0.29) is 12.0 Å². The lowest BCUT2D eigenvalue weighted by Gasteiger charge is -2.31. The number of carbonyl (C=O) groups is 2. The lowest BCUT2D eigenvalue weighted by molar-refractivity contribution is -0.142. The van der Waals surface area contributed by atoms with Crippen LogP contribution in [0, 0.1) is 5.82 Å². The van der Waals surface area contributed by atoms with Gasteiger partial charge >= 0.3 is 5.97 Å². The van der Waals surface area contributed by atoms with Crippen LogP contribution in [0.15, 0.2) is 84.9 Å². The second kappa shape index (κ2) is 8.69. The van der Waals surface area contributed by atoms with Gasteiger partial charge in [-0.05, 0) is 29.7 Å². The van der Waals surface area contributed by atoms with Crippen molar-refractivity contribution in [3.8, 4) is 0 Å². The van der Waals surface area contributed by atoms with Gasteiger partial charge in [-0.2, -0.15) is 0 Å². The summed E-state index contributed by atoms with van der Waals surface area (Å²) in [6.45, 7) is 1.76. The van der Waals surface area contributed by atoms with Crippen molar-refractivity contribution in [1.82, 2.24) is 5.32 Å². The first-order chi connectivity index (χ1) is 13.9. The highest BCUT2D eigenvalue weighted by atomic mass is 19.1. The molecule has 5 heteroatoms. The van der Waals surface area contributed by atoms with Crippen molar-refractivity contribution in [2.24, 2.45) is 0 Å². The van der Waals surface area contributed by atoms with Gasteiger partial charge in [0.25, 0.3) is 0 Å². The van der Waals surface area contributed by atoms with Crippen molar-refractivity contribution in [3.63, 3.8) is 0 Å². The number of benzene rings is 3. The second-order valence-corrected chi connectivity index (χ2v) is 7.02. The molecule has 0 unspecified atom stereocenters. The smallest absolute Gasteiger partial charge is 0.326 e. The number of rotatable bonds is 7. The summed E-state index contributed by atoms with van der Waals surface area (Å²) < 4.78 is 14.0. The largest absolute Gasteiger partial charge is 0.480 e. The molecule has 29 heavy (non-hydrogen) atoms. The van der Waals surface area contributed by atoms with Gasteiger partial charge in [0.2, 0.25) is 5.91 Å². The third-order valence-corrected chi connectivity index (χ3v) is 5.14. The summed E-state index contributed by atoms with van der Waals surface area (Å²) >= 11 is 0. The maximum atomic E-state index is 14.0. The van der Waals surface area contributed by atoms with Crippen molar-refractivity contribution in [2.75, 3.05) is 0 Å². The number of carboxylic acids is 1. The Morgan fingerprint density at radius 1 is 0.897 bits per heavy atom. The number of nitrogens with one attached hydrogen (secondary N) is 1. The maximum Gasteiger partial charge on any atom is 0.326 e. The maximum absolute atomic E-state index is 14.0. The number of amides is 1. The normalized spacial score (nSPS) is 12.2. The van der Waals surface area contributed by atoms with Gasteiger partial charge in [-0.3, -0.25) is 4.79 Å². The molecule has 0 fully saturated rings. The molecule has 0 bridgehead atoms. The van der Waals surface area contributed by atoms with E-state index in [0.717, 1.165) is 11.1 Å². The molecule has 4 nitrogen and oxygen atoms in total. The van der Waals surface area contributed by atoms with E-state index in [9.17, 15) is 19.1 Å². The quantitative estimate of drug-likeness (QED) is 0.641. The number of carboxylic acid groups (broad SMARTS) is 1. The van der Waals surface area contributed by atoms with Crippen LogP contribution in [0.5, 0.6) is 0 Å².